The van der Waals surface area contributed by atoms with E-state index in [1.54, 1.807) is 17.1 Å². The number of nitrogens with zero attached hydrogens (tertiary/aromatic N) is 3. The van der Waals surface area contributed by atoms with Gasteiger partial charge in [-0.05, 0) is 35.9 Å². The molecule has 0 aliphatic heterocycles. The highest BCUT2D eigenvalue weighted by Gasteiger charge is 2.05. The van der Waals surface area contributed by atoms with Crippen LogP contribution in [0.15, 0.2) is 55.1 Å². The number of rotatable bonds is 4. The maximum Gasteiger partial charge on any atom is 0.138 e. The Kier molecular flexibility index (Phi) is 3.83. The molecule has 0 saturated carbocycles. The summed E-state index contributed by atoms with van der Waals surface area (Å²) < 4.78 is 15.0. The van der Waals surface area contributed by atoms with Crippen LogP contribution in [0.3, 0.4) is 0 Å². The van der Waals surface area contributed by atoms with Crippen molar-refractivity contribution in [2.24, 2.45) is 0 Å². The zero-order valence-corrected chi connectivity index (χ0v) is 11.8. The first-order valence-corrected chi connectivity index (χ1v) is 6.73. The summed E-state index contributed by atoms with van der Waals surface area (Å²) in [6, 6.07) is 12.2. The van der Waals surface area contributed by atoms with Crippen molar-refractivity contribution in [2.45, 2.75) is 6.54 Å². The average molecular weight is 303 g/mol. The van der Waals surface area contributed by atoms with Crippen LogP contribution >= 0.6 is 11.6 Å². The monoisotopic (exact) mass is 302 g/mol. The van der Waals surface area contributed by atoms with Gasteiger partial charge in [-0.1, -0.05) is 23.7 Å². The number of hydrogen-bond acceptors (Lipinski definition) is 3. The fourth-order valence-corrected chi connectivity index (χ4v) is 2.31. The van der Waals surface area contributed by atoms with E-state index in [1.165, 1.54) is 18.5 Å². The van der Waals surface area contributed by atoms with Crippen molar-refractivity contribution in [3.63, 3.8) is 0 Å². The van der Waals surface area contributed by atoms with E-state index in [1.807, 2.05) is 24.3 Å². The minimum absolute atomic E-state index is 0.344. The molecule has 0 amide bonds. The van der Waals surface area contributed by atoms with Gasteiger partial charge in [-0.2, -0.15) is 5.10 Å². The van der Waals surface area contributed by atoms with Gasteiger partial charge in [0, 0.05) is 11.6 Å². The normalized spacial score (nSPS) is 10.6. The highest BCUT2D eigenvalue weighted by Crippen LogP contribution is 2.20. The fraction of sp³-hybridized carbons (Fsp3) is 0.0667. The molecule has 0 aliphatic carbocycles. The van der Waals surface area contributed by atoms with Gasteiger partial charge < -0.3 is 5.32 Å². The van der Waals surface area contributed by atoms with Gasteiger partial charge in [0.15, 0.2) is 0 Å². The van der Waals surface area contributed by atoms with Crippen LogP contribution in [0.5, 0.6) is 0 Å². The van der Waals surface area contributed by atoms with Crippen molar-refractivity contribution >= 4 is 17.3 Å². The predicted molar refractivity (Wildman–Crippen MR) is 80.1 cm³/mol. The number of aromatic nitrogens is 3. The van der Waals surface area contributed by atoms with E-state index in [4.69, 9.17) is 11.6 Å². The molecule has 1 aromatic heterocycles. The van der Waals surface area contributed by atoms with Crippen LogP contribution in [0.1, 0.15) is 5.56 Å². The molecule has 0 saturated heterocycles. The van der Waals surface area contributed by atoms with Crippen molar-refractivity contribution in [1.82, 2.24) is 14.8 Å². The van der Waals surface area contributed by atoms with Gasteiger partial charge in [0.25, 0.3) is 0 Å². The highest BCUT2D eigenvalue weighted by molar-refractivity contribution is 6.30. The van der Waals surface area contributed by atoms with E-state index in [0.29, 0.717) is 11.6 Å². The number of hydrogen-bond donors (Lipinski definition) is 1. The largest absolute Gasteiger partial charge is 0.379 e. The van der Waals surface area contributed by atoms with Gasteiger partial charge in [0.05, 0.1) is 11.4 Å². The second-order valence-corrected chi connectivity index (χ2v) is 4.92. The number of anilines is 1. The van der Waals surface area contributed by atoms with Crippen LogP contribution in [-0.4, -0.2) is 14.8 Å². The van der Waals surface area contributed by atoms with Gasteiger partial charge in [-0.15, -0.1) is 0 Å². The van der Waals surface area contributed by atoms with E-state index in [2.05, 4.69) is 15.4 Å². The number of nitrogens with one attached hydrogen (secondary N) is 1. The van der Waals surface area contributed by atoms with Crippen LogP contribution in [0.4, 0.5) is 10.1 Å². The molecule has 21 heavy (non-hydrogen) atoms. The summed E-state index contributed by atoms with van der Waals surface area (Å²) >= 11 is 5.85. The Morgan fingerprint density at radius 1 is 1.19 bits per heavy atom. The Morgan fingerprint density at radius 2 is 2.05 bits per heavy atom. The Morgan fingerprint density at radius 3 is 2.81 bits per heavy atom. The third-order valence-electron chi connectivity index (χ3n) is 2.97. The van der Waals surface area contributed by atoms with Crippen molar-refractivity contribution in [3.05, 3.63) is 71.5 Å². The molecule has 0 bridgehead atoms. The topological polar surface area (TPSA) is 42.7 Å². The molecule has 0 atom stereocenters. The molecule has 0 fully saturated rings. The van der Waals surface area contributed by atoms with Gasteiger partial charge in [0.1, 0.15) is 18.5 Å². The number of para-hydroxylation sites is 2. The van der Waals surface area contributed by atoms with E-state index in [-0.39, 0.29) is 5.82 Å². The minimum Gasteiger partial charge on any atom is -0.379 e. The standard InChI is InChI=1S/C15H12ClFN4/c16-12-5-11(6-13(17)7-12)8-19-14-3-1-2-4-15(14)21-10-18-9-20-21/h1-7,9-10,19H,8H2. The maximum atomic E-state index is 13.3. The fourth-order valence-electron chi connectivity index (χ4n) is 2.07. The highest BCUT2D eigenvalue weighted by atomic mass is 35.5. The summed E-state index contributed by atoms with van der Waals surface area (Å²) in [5, 5.41) is 7.76. The van der Waals surface area contributed by atoms with Gasteiger partial charge in [-0.25, -0.2) is 14.1 Å². The summed E-state index contributed by atoms with van der Waals surface area (Å²) in [7, 11) is 0. The predicted octanol–water partition coefficient (Wildman–Crippen LogP) is 3.67. The molecule has 0 unspecified atom stereocenters. The van der Waals surface area contributed by atoms with Crippen LogP contribution in [0, 0.1) is 5.82 Å². The summed E-state index contributed by atoms with van der Waals surface area (Å²) in [5.41, 5.74) is 2.52. The zero-order valence-electron chi connectivity index (χ0n) is 11.0. The zero-order chi connectivity index (χ0) is 14.7. The summed E-state index contributed by atoms with van der Waals surface area (Å²) in [6.07, 6.45) is 3.10. The second-order valence-electron chi connectivity index (χ2n) is 4.49. The smallest absolute Gasteiger partial charge is 0.138 e. The molecular weight excluding hydrogens is 291 g/mol. The first-order valence-electron chi connectivity index (χ1n) is 6.35. The first kappa shape index (κ1) is 13.6. The lowest BCUT2D eigenvalue weighted by molar-refractivity contribution is 0.626. The summed E-state index contributed by atoms with van der Waals surface area (Å²) in [5.74, 6) is -0.344. The maximum absolute atomic E-state index is 13.3. The Hall–Kier alpha value is -2.40. The second kappa shape index (κ2) is 5.93. The SMILES string of the molecule is Fc1cc(Cl)cc(CNc2ccccc2-n2cncn2)c1. The van der Waals surface area contributed by atoms with E-state index >= 15 is 0 Å². The van der Waals surface area contributed by atoms with Crippen molar-refractivity contribution in [2.75, 3.05) is 5.32 Å². The Bertz CT molecular complexity index is 723. The minimum atomic E-state index is -0.344. The molecule has 0 radical (unpaired) electrons. The third-order valence-corrected chi connectivity index (χ3v) is 3.19. The molecule has 0 spiro atoms. The molecule has 0 aliphatic rings. The molecular formula is C15H12ClFN4. The van der Waals surface area contributed by atoms with Crippen molar-refractivity contribution in [1.29, 1.82) is 0 Å². The average Bonchev–Trinajstić information content (AvgIpc) is 2.98. The molecule has 106 valence electrons. The molecule has 4 nitrogen and oxygen atoms in total. The number of benzene rings is 2. The lowest BCUT2D eigenvalue weighted by Gasteiger charge is -2.12. The van der Waals surface area contributed by atoms with Crippen LogP contribution in [0.25, 0.3) is 5.69 Å². The van der Waals surface area contributed by atoms with Gasteiger partial charge in [-0.3, -0.25) is 0 Å². The quantitative estimate of drug-likeness (QED) is 0.799. The summed E-state index contributed by atoms with van der Waals surface area (Å²) in [4.78, 5) is 3.94. The Labute approximate surface area is 126 Å². The van der Waals surface area contributed by atoms with Crippen molar-refractivity contribution in [3.8, 4) is 5.69 Å². The molecule has 1 heterocycles. The van der Waals surface area contributed by atoms with E-state index < -0.39 is 0 Å². The molecule has 6 heteroatoms. The van der Waals surface area contributed by atoms with Crippen LogP contribution in [-0.2, 0) is 6.54 Å². The molecule has 3 rings (SSSR count). The molecule has 1 N–H and O–H groups in total. The van der Waals surface area contributed by atoms with Crippen LogP contribution < -0.4 is 5.32 Å². The number of halogens is 2. The Balaban J connectivity index is 1.82. The lowest BCUT2D eigenvalue weighted by atomic mass is 10.2. The first-order chi connectivity index (χ1) is 10.2. The van der Waals surface area contributed by atoms with Crippen molar-refractivity contribution < 1.29 is 4.39 Å². The van der Waals surface area contributed by atoms with E-state index in [0.717, 1.165) is 16.9 Å². The van der Waals surface area contributed by atoms with Gasteiger partial charge >= 0.3 is 0 Å². The van der Waals surface area contributed by atoms with Gasteiger partial charge in [0.2, 0.25) is 0 Å². The summed E-state index contributed by atoms with van der Waals surface area (Å²) in [6.45, 7) is 0.461. The van der Waals surface area contributed by atoms with Crippen LogP contribution in [0.2, 0.25) is 5.02 Å². The van der Waals surface area contributed by atoms with E-state index in [9.17, 15) is 4.39 Å². The lowest BCUT2D eigenvalue weighted by Crippen LogP contribution is -2.05. The third kappa shape index (κ3) is 3.20. The molecule has 2 aromatic carbocycles. The molecule has 3 aromatic rings.